The van der Waals surface area contributed by atoms with Crippen molar-refractivity contribution in [1.82, 2.24) is 10.2 Å². The first kappa shape index (κ1) is 30.8. The minimum atomic E-state index is -4.14. The molecule has 0 bridgehead atoms. The van der Waals surface area contributed by atoms with Gasteiger partial charge in [-0.25, -0.2) is 12.8 Å². The van der Waals surface area contributed by atoms with Gasteiger partial charge in [-0.1, -0.05) is 61.9 Å². The lowest BCUT2D eigenvalue weighted by atomic mass is 10.1. The molecule has 3 aromatic carbocycles. The van der Waals surface area contributed by atoms with E-state index in [1.54, 1.807) is 62.4 Å². The highest BCUT2D eigenvalue weighted by Gasteiger charge is 2.34. The highest BCUT2D eigenvalue weighted by molar-refractivity contribution is 7.92. The number of rotatable bonds is 12. The molecule has 214 valence electrons. The molecular weight excluding hydrogens is 529 g/mol. The van der Waals surface area contributed by atoms with Gasteiger partial charge < -0.3 is 10.2 Å². The van der Waals surface area contributed by atoms with Crippen molar-refractivity contribution in [2.75, 3.05) is 10.8 Å². The topological polar surface area (TPSA) is 86.8 Å². The number of benzene rings is 3. The van der Waals surface area contributed by atoms with Crippen LogP contribution in [0.4, 0.5) is 10.1 Å². The Bertz CT molecular complexity index is 1410. The number of halogens is 1. The Balaban J connectivity index is 2.06. The van der Waals surface area contributed by atoms with Crippen LogP contribution in [0.2, 0.25) is 0 Å². The van der Waals surface area contributed by atoms with E-state index in [-0.39, 0.29) is 23.4 Å². The van der Waals surface area contributed by atoms with Crippen LogP contribution >= 0.6 is 0 Å². The van der Waals surface area contributed by atoms with Crippen LogP contribution in [0.3, 0.4) is 0 Å². The average Bonchev–Trinajstić information content (AvgIpc) is 2.93. The van der Waals surface area contributed by atoms with Crippen molar-refractivity contribution < 1.29 is 22.4 Å². The summed E-state index contributed by atoms with van der Waals surface area (Å²) in [5.41, 5.74) is 2.57. The summed E-state index contributed by atoms with van der Waals surface area (Å²) in [5.74, 6) is -1.29. The van der Waals surface area contributed by atoms with Crippen LogP contribution in [0.25, 0.3) is 0 Å². The van der Waals surface area contributed by atoms with Crippen LogP contribution in [0.5, 0.6) is 0 Å². The maximum absolute atomic E-state index is 14.1. The number of nitrogens with one attached hydrogen (secondary N) is 1. The number of hydrogen-bond acceptors (Lipinski definition) is 4. The second-order valence-corrected chi connectivity index (χ2v) is 11.9. The molecule has 0 saturated heterocycles. The van der Waals surface area contributed by atoms with E-state index in [2.05, 4.69) is 5.32 Å². The second kappa shape index (κ2) is 13.6. The Morgan fingerprint density at radius 2 is 1.52 bits per heavy atom. The molecule has 1 N–H and O–H groups in total. The van der Waals surface area contributed by atoms with Gasteiger partial charge in [0, 0.05) is 12.6 Å². The number of amides is 2. The molecule has 0 fully saturated rings. The normalized spacial score (nSPS) is 12.8. The maximum Gasteiger partial charge on any atom is 0.264 e. The summed E-state index contributed by atoms with van der Waals surface area (Å²) in [7, 11) is -4.14. The smallest absolute Gasteiger partial charge is 0.264 e. The summed E-state index contributed by atoms with van der Waals surface area (Å²) in [4.78, 5) is 28.8. The third kappa shape index (κ3) is 7.47. The van der Waals surface area contributed by atoms with E-state index in [1.165, 1.54) is 29.2 Å². The average molecular weight is 568 g/mol. The molecule has 3 aromatic rings. The molecular formula is C31H38FN3O4S. The maximum atomic E-state index is 14.1. The third-order valence-corrected chi connectivity index (χ3v) is 8.70. The van der Waals surface area contributed by atoms with Gasteiger partial charge in [0.1, 0.15) is 18.4 Å². The Morgan fingerprint density at radius 3 is 2.10 bits per heavy atom. The lowest BCUT2D eigenvalue weighted by Crippen LogP contribution is -2.53. The molecule has 0 aliphatic rings. The van der Waals surface area contributed by atoms with Crippen molar-refractivity contribution in [3.8, 4) is 0 Å². The molecule has 2 unspecified atom stereocenters. The van der Waals surface area contributed by atoms with E-state index in [9.17, 15) is 22.4 Å². The van der Waals surface area contributed by atoms with Crippen LogP contribution < -0.4 is 9.62 Å². The number of anilines is 1. The lowest BCUT2D eigenvalue weighted by molar-refractivity contribution is -0.140. The predicted molar refractivity (Wildman–Crippen MR) is 156 cm³/mol. The molecule has 0 radical (unpaired) electrons. The van der Waals surface area contributed by atoms with Gasteiger partial charge >= 0.3 is 0 Å². The molecule has 40 heavy (non-hydrogen) atoms. The van der Waals surface area contributed by atoms with Crippen LogP contribution in [-0.4, -0.2) is 43.8 Å². The van der Waals surface area contributed by atoms with Crippen LogP contribution in [0.15, 0.2) is 77.7 Å². The Labute approximate surface area is 237 Å². The minimum Gasteiger partial charge on any atom is -0.352 e. The molecule has 7 nitrogen and oxygen atoms in total. The quantitative estimate of drug-likeness (QED) is 0.319. The van der Waals surface area contributed by atoms with Gasteiger partial charge in [-0.2, -0.15) is 0 Å². The number of carbonyl (C=O) groups excluding carboxylic acids is 2. The van der Waals surface area contributed by atoms with Crippen molar-refractivity contribution in [2.24, 2.45) is 0 Å². The summed E-state index contributed by atoms with van der Waals surface area (Å²) in [6.45, 7) is 8.76. The fraction of sp³-hybridized carbons (Fsp3) is 0.355. The molecule has 2 atom stereocenters. The Morgan fingerprint density at radius 1 is 0.900 bits per heavy atom. The summed E-state index contributed by atoms with van der Waals surface area (Å²) in [5, 5.41) is 2.94. The minimum absolute atomic E-state index is 0.0116. The van der Waals surface area contributed by atoms with Gasteiger partial charge in [0.2, 0.25) is 11.8 Å². The lowest BCUT2D eigenvalue weighted by Gasteiger charge is -2.34. The third-order valence-electron chi connectivity index (χ3n) is 6.93. The molecule has 0 aliphatic heterocycles. The van der Waals surface area contributed by atoms with Crippen LogP contribution in [0.1, 0.15) is 50.3 Å². The SMILES string of the molecule is CCC(C)NC(=O)C(CC)N(Cc1ccc(F)cc1)C(=O)CN(c1ccccc1C)S(=O)(=O)c1ccc(C)cc1. The molecule has 0 aliphatic carbocycles. The molecule has 2 amide bonds. The standard InChI is InChI=1S/C31H38FN3O4S/c1-6-24(5)33-31(37)28(7-2)34(20-25-14-16-26(32)17-15-25)30(36)21-35(29-11-9-8-10-23(29)4)40(38,39)27-18-12-22(3)13-19-27/h8-19,24,28H,6-7,20-21H2,1-5H3,(H,33,37). The molecule has 3 rings (SSSR count). The van der Waals surface area contributed by atoms with Gasteiger partial charge in [-0.15, -0.1) is 0 Å². The summed E-state index contributed by atoms with van der Waals surface area (Å²) in [6, 6.07) is 18.1. The largest absolute Gasteiger partial charge is 0.352 e. The van der Waals surface area contributed by atoms with E-state index < -0.39 is 34.3 Å². The number of sulfonamides is 1. The summed E-state index contributed by atoms with van der Waals surface area (Å²) >= 11 is 0. The predicted octanol–water partition coefficient (Wildman–Crippen LogP) is 5.36. The van der Waals surface area contributed by atoms with E-state index in [0.717, 1.165) is 9.87 Å². The fourth-order valence-electron chi connectivity index (χ4n) is 4.34. The number of nitrogens with zero attached hydrogens (tertiary/aromatic N) is 2. The van der Waals surface area contributed by atoms with Crippen molar-refractivity contribution in [2.45, 2.75) is 71.0 Å². The zero-order valence-corrected chi connectivity index (χ0v) is 24.5. The molecule has 0 heterocycles. The monoisotopic (exact) mass is 567 g/mol. The molecule has 9 heteroatoms. The van der Waals surface area contributed by atoms with Crippen molar-refractivity contribution >= 4 is 27.5 Å². The highest BCUT2D eigenvalue weighted by Crippen LogP contribution is 2.27. The van der Waals surface area contributed by atoms with Crippen LogP contribution in [-0.2, 0) is 26.2 Å². The van der Waals surface area contributed by atoms with Crippen molar-refractivity contribution in [3.63, 3.8) is 0 Å². The number of aryl methyl sites for hydroxylation is 2. The zero-order chi connectivity index (χ0) is 29.4. The number of carbonyl (C=O) groups is 2. The second-order valence-electron chi connectivity index (χ2n) is 10.0. The van der Waals surface area contributed by atoms with Gasteiger partial charge in [0.05, 0.1) is 10.6 Å². The van der Waals surface area contributed by atoms with E-state index in [0.29, 0.717) is 29.7 Å². The van der Waals surface area contributed by atoms with Gasteiger partial charge in [0.15, 0.2) is 0 Å². The zero-order valence-electron chi connectivity index (χ0n) is 23.7. The fourth-order valence-corrected chi connectivity index (χ4v) is 5.82. The molecule has 0 aromatic heterocycles. The summed E-state index contributed by atoms with van der Waals surface area (Å²) in [6.07, 6.45) is 1.02. The Hall–Kier alpha value is -3.72. The molecule has 0 spiro atoms. The van der Waals surface area contributed by atoms with Crippen molar-refractivity contribution in [3.05, 3.63) is 95.3 Å². The van der Waals surface area contributed by atoms with E-state index in [1.807, 2.05) is 20.8 Å². The number of para-hydroxylation sites is 1. The van der Waals surface area contributed by atoms with Crippen molar-refractivity contribution in [1.29, 1.82) is 0 Å². The van der Waals surface area contributed by atoms with E-state index >= 15 is 0 Å². The first-order valence-corrected chi connectivity index (χ1v) is 14.9. The van der Waals surface area contributed by atoms with Gasteiger partial charge in [0.25, 0.3) is 10.0 Å². The first-order valence-electron chi connectivity index (χ1n) is 13.5. The highest BCUT2D eigenvalue weighted by atomic mass is 32.2. The van der Waals surface area contributed by atoms with Gasteiger partial charge in [-0.05, 0) is 75.1 Å². The number of hydrogen-bond donors (Lipinski definition) is 1. The Kier molecular flexibility index (Phi) is 10.5. The molecule has 0 saturated carbocycles. The van der Waals surface area contributed by atoms with Gasteiger partial charge in [-0.3, -0.25) is 13.9 Å². The van der Waals surface area contributed by atoms with Crippen LogP contribution in [0, 0.1) is 19.7 Å². The first-order chi connectivity index (χ1) is 19.0. The summed E-state index contributed by atoms with van der Waals surface area (Å²) < 4.78 is 42.6. The van der Waals surface area contributed by atoms with E-state index in [4.69, 9.17) is 0 Å².